The number of fused-ring (bicyclic) bond motifs is 1. The summed E-state index contributed by atoms with van der Waals surface area (Å²) in [6, 6.07) is 6.02. The molecule has 2 aliphatic rings. The number of likely N-dealkylation sites (tertiary alicyclic amines) is 1. The van der Waals surface area contributed by atoms with Crippen molar-refractivity contribution in [3.8, 4) is 5.82 Å². The van der Waals surface area contributed by atoms with E-state index in [2.05, 4.69) is 35.9 Å². The van der Waals surface area contributed by atoms with Crippen LogP contribution < -0.4 is 10.6 Å². The Morgan fingerprint density at radius 3 is 2.43 bits per heavy atom. The zero-order valence-corrected chi connectivity index (χ0v) is 17.6. The Labute approximate surface area is 175 Å². The van der Waals surface area contributed by atoms with E-state index < -0.39 is 0 Å². The Morgan fingerprint density at radius 2 is 1.73 bits per heavy atom. The lowest BCUT2D eigenvalue weighted by Crippen LogP contribution is -2.31. The highest BCUT2D eigenvalue weighted by Gasteiger charge is 2.40. The zero-order valence-electron chi connectivity index (χ0n) is 17.6. The lowest BCUT2D eigenvalue weighted by molar-refractivity contribution is 0.300. The van der Waals surface area contributed by atoms with Gasteiger partial charge in [0.15, 0.2) is 5.82 Å². The largest absolute Gasteiger partial charge is 0.356 e. The maximum absolute atomic E-state index is 11.8. The Kier molecular flexibility index (Phi) is 4.62. The fourth-order valence-electron chi connectivity index (χ4n) is 4.79. The van der Waals surface area contributed by atoms with Crippen LogP contribution in [0, 0.1) is 25.7 Å². The quantitative estimate of drug-likeness (QED) is 0.637. The van der Waals surface area contributed by atoms with E-state index in [1.54, 1.807) is 24.1 Å². The first-order valence-corrected chi connectivity index (χ1v) is 10.3. The Morgan fingerprint density at radius 1 is 1.00 bits per heavy atom. The third-order valence-electron chi connectivity index (χ3n) is 6.31. The maximum atomic E-state index is 11.8. The van der Waals surface area contributed by atoms with Gasteiger partial charge in [-0.3, -0.25) is 9.47 Å². The van der Waals surface area contributed by atoms with Gasteiger partial charge in [0.05, 0.1) is 5.69 Å². The first-order valence-electron chi connectivity index (χ1n) is 10.3. The van der Waals surface area contributed by atoms with Crippen LogP contribution in [0.2, 0.25) is 0 Å². The highest BCUT2D eigenvalue weighted by Crippen LogP contribution is 2.34. The summed E-state index contributed by atoms with van der Waals surface area (Å²) in [5.74, 6) is 2.99. The van der Waals surface area contributed by atoms with Crippen LogP contribution in [0.15, 0.2) is 35.5 Å². The van der Waals surface area contributed by atoms with E-state index in [1.165, 1.54) is 0 Å². The van der Waals surface area contributed by atoms with Gasteiger partial charge in [-0.05, 0) is 37.8 Å². The van der Waals surface area contributed by atoms with E-state index >= 15 is 0 Å². The molecule has 9 heteroatoms. The summed E-state index contributed by atoms with van der Waals surface area (Å²) < 4.78 is 3.51. The summed E-state index contributed by atoms with van der Waals surface area (Å²) in [4.78, 5) is 29.4. The van der Waals surface area contributed by atoms with Crippen LogP contribution >= 0.6 is 0 Å². The lowest BCUT2D eigenvalue weighted by Gasteiger charge is -2.23. The molecule has 0 bridgehead atoms. The molecule has 5 heterocycles. The van der Waals surface area contributed by atoms with Crippen LogP contribution in [0.4, 0.5) is 5.82 Å². The van der Waals surface area contributed by atoms with Gasteiger partial charge < -0.3 is 4.90 Å². The predicted molar refractivity (Wildman–Crippen MR) is 113 cm³/mol. The first-order chi connectivity index (χ1) is 14.5. The summed E-state index contributed by atoms with van der Waals surface area (Å²) in [6.45, 7) is 8.86. The van der Waals surface area contributed by atoms with Crippen molar-refractivity contribution < 1.29 is 0 Å². The number of hydrogen-bond donors (Lipinski definition) is 0. The Hall–Kier alpha value is -3.07. The molecule has 0 saturated carbocycles. The maximum Gasteiger partial charge on any atom is 0.347 e. The van der Waals surface area contributed by atoms with Gasteiger partial charge in [0.25, 0.3) is 0 Å². The fraction of sp³-hybridized carbons (Fsp3) is 0.476. The summed E-state index contributed by atoms with van der Waals surface area (Å²) in [6.07, 6.45) is 3.23. The van der Waals surface area contributed by atoms with Gasteiger partial charge in [-0.25, -0.2) is 24.4 Å². The Balaban J connectivity index is 1.27. The molecular weight excluding hydrogens is 380 g/mol. The minimum atomic E-state index is -0.194. The van der Waals surface area contributed by atoms with Crippen molar-refractivity contribution in [1.82, 2.24) is 34.2 Å². The van der Waals surface area contributed by atoms with Crippen LogP contribution in [0.25, 0.3) is 5.82 Å². The standard InChI is InChI=1S/C21H26N8O/c1-14-6-15(2)29(25-14)20-7-19(23-13-24-20)28-10-16-8-27(9-17(16)11-28)12-18-4-5-22-21(30)26(18)3/h4-7,13,16-17H,8-12H2,1-3H3. The van der Waals surface area contributed by atoms with Gasteiger partial charge in [-0.1, -0.05) is 0 Å². The van der Waals surface area contributed by atoms with Crippen molar-refractivity contribution in [1.29, 1.82) is 0 Å². The van der Waals surface area contributed by atoms with Crippen molar-refractivity contribution in [3.05, 3.63) is 58.3 Å². The van der Waals surface area contributed by atoms with Crippen LogP contribution in [-0.4, -0.2) is 60.4 Å². The first kappa shape index (κ1) is 18.9. The van der Waals surface area contributed by atoms with Gasteiger partial charge in [0.1, 0.15) is 12.1 Å². The number of nitrogens with zero attached hydrogens (tertiary/aromatic N) is 8. The number of anilines is 1. The van der Waals surface area contributed by atoms with E-state index in [-0.39, 0.29) is 5.69 Å². The number of hydrogen-bond acceptors (Lipinski definition) is 7. The molecule has 2 unspecified atom stereocenters. The number of rotatable bonds is 4. The third-order valence-corrected chi connectivity index (χ3v) is 6.31. The highest BCUT2D eigenvalue weighted by atomic mass is 16.1. The SMILES string of the molecule is Cc1cc(C)n(-c2cc(N3CC4CN(Cc5ccnc(=O)n5C)CC4C3)ncn2)n1. The minimum absolute atomic E-state index is 0.194. The van der Waals surface area contributed by atoms with Gasteiger partial charge >= 0.3 is 5.69 Å². The smallest absolute Gasteiger partial charge is 0.347 e. The second kappa shape index (κ2) is 7.32. The number of aromatic nitrogens is 6. The molecule has 0 aliphatic carbocycles. The summed E-state index contributed by atoms with van der Waals surface area (Å²) in [5.41, 5.74) is 2.86. The van der Waals surface area contributed by atoms with Crippen molar-refractivity contribution in [2.75, 3.05) is 31.1 Å². The molecule has 5 rings (SSSR count). The molecule has 2 saturated heterocycles. The molecule has 2 aliphatic heterocycles. The van der Waals surface area contributed by atoms with Crippen molar-refractivity contribution in [3.63, 3.8) is 0 Å². The van der Waals surface area contributed by atoms with E-state index in [4.69, 9.17) is 0 Å². The molecule has 2 atom stereocenters. The van der Waals surface area contributed by atoms with E-state index in [0.29, 0.717) is 11.8 Å². The lowest BCUT2D eigenvalue weighted by atomic mass is 10.0. The van der Waals surface area contributed by atoms with Gasteiger partial charge in [0.2, 0.25) is 0 Å². The van der Waals surface area contributed by atoms with Crippen LogP contribution in [0.5, 0.6) is 0 Å². The summed E-state index contributed by atoms with van der Waals surface area (Å²) in [7, 11) is 1.79. The van der Waals surface area contributed by atoms with E-state index in [0.717, 1.165) is 61.4 Å². The molecule has 3 aromatic rings. The topological polar surface area (TPSA) is 85.0 Å². The average Bonchev–Trinajstić information content (AvgIpc) is 3.38. The van der Waals surface area contributed by atoms with Crippen molar-refractivity contribution in [2.45, 2.75) is 20.4 Å². The molecule has 0 radical (unpaired) electrons. The molecule has 0 aromatic carbocycles. The molecular formula is C21H26N8O. The van der Waals surface area contributed by atoms with Gasteiger partial charge in [0, 0.05) is 63.4 Å². The monoisotopic (exact) mass is 406 g/mol. The fourth-order valence-corrected chi connectivity index (χ4v) is 4.79. The third kappa shape index (κ3) is 3.39. The highest BCUT2D eigenvalue weighted by molar-refractivity contribution is 5.45. The van der Waals surface area contributed by atoms with Crippen LogP contribution in [0.3, 0.4) is 0 Å². The normalized spacial score (nSPS) is 21.4. The molecule has 0 N–H and O–H groups in total. The summed E-state index contributed by atoms with van der Waals surface area (Å²) in [5, 5.41) is 4.54. The number of aryl methyl sites for hydroxylation is 2. The van der Waals surface area contributed by atoms with Crippen LogP contribution in [-0.2, 0) is 13.6 Å². The second-order valence-corrected chi connectivity index (χ2v) is 8.47. The molecule has 30 heavy (non-hydrogen) atoms. The molecule has 2 fully saturated rings. The molecule has 0 amide bonds. The van der Waals surface area contributed by atoms with Crippen molar-refractivity contribution in [2.24, 2.45) is 18.9 Å². The minimum Gasteiger partial charge on any atom is -0.356 e. The van der Waals surface area contributed by atoms with Gasteiger partial charge in [-0.15, -0.1) is 0 Å². The van der Waals surface area contributed by atoms with E-state index in [1.807, 2.05) is 30.7 Å². The van der Waals surface area contributed by atoms with Gasteiger partial charge in [-0.2, -0.15) is 5.10 Å². The molecule has 3 aromatic heterocycles. The molecule has 9 nitrogen and oxygen atoms in total. The zero-order chi connectivity index (χ0) is 20.8. The van der Waals surface area contributed by atoms with E-state index in [9.17, 15) is 4.79 Å². The van der Waals surface area contributed by atoms with Crippen molar-refractivity contribution >= 4 is 5.82 Å². The Bertz CT molecular complexity index is 1120. The second-order valence-electron chi connectivity index (χ2n) is 8.47. The molecule has 0 spiro atoms. The van der Waals surface area contributed by atoms with Crippen LogP contribution in [0.1, 0.15) is 17.1 Å². The summed E-state index contributed by atoms with van der Waals surface area (Å²) >= 11 is 0. The average molecular weight is 406 g/mol. The molecule has 156 valence electrons. The predicted octanol–water partition coefficient (Wildman–Crippen LogP) is 0.941.